The van der Waals surface area contributed by atoms with Crippen LogP contribution in [0.1, 0.15) is 33.3 Å². The van der Waals surface area contributed by atoms with Gasteiger partial charge in [-0.15, -0.1) is 0 Å². The van der Waals surface area contributed by atoms with Gasteiger partial charge in [0.15, 0.2) is 0 Å². The minimum absolute atomic E-state index is 0.307. The number of nitrogens with one attached hydrogen (secondary N) is 1. The fraction of sp³-hybridized carbons (Fsp3) is 0.625. The van der Waals surface area contributed by atoms with Crippen molar-refractivity contribution >= 4 is 5.69 Å². The molecule has 1 aliphatic heterocycles. The monoisotopic (exact) mass is 246 g/mol. The Hall–Kier alpha value is -1.02. The molecule has 1 aliphatic rings. The Morgan fingerprint density at radius 1 is 1.33 bits per heavy atom. The second kappa shape index (κ2) is 5.31. The molecule has 2 nitrogen and oxygen atoms in total. The van der Waals surface area contributed by atoms with Crippen molar-refractivity contribution in [2.45, 2.75) is 40.2 Å². The summed E-state index contributed by atoms with van der Waals surface area (Å²) in [5.74, 6) is 0. The van der Waals surface area contributed by atoms with E-state index in [2.05, 4.69) is 62.2 Å². The topological polar surface area (TPSA) is 15.3 Å². The van der Waals surface area contributed by atoms with Crippen LogP contribution in [0.15, 0.2) is 24.3 Å². The van der Waals surface area contributed by atoms with E-state index in [1.165, 1.54) is 17.7 Å². The van der Waals surface area contributed by atoms with E-state index in [1.54, 1.807) is 0 Å². The lowest BCUT2D eigenvalue weighted by molar-refractivity contribution is 0.338. The van der Waals surface area contributed by atoms with Crippen molar-refractivity contribution in [3.8, 4) is 0 Å². The number of para-hydroxylation sites is 1. The van der Waals surface area contributed by atoms with Gasteiger partial charge in [0.25, 0.3) is 0 Å². The van der Waals surface area contributed by atoms with E-state index in [4.69, 9.17) is 0 Å². The van der Waals surface area contributed by atoms with E-state index < -0.39 is 0 Å². The van der Waals surface area contributed by atoms with Crippen LogP contribution in [0.3, 0.4) is 0 Å². The average molecular weight is 246 g/mol. The van der Waals surface area contributed by atoms with Crippen LogP contribution in [0, 0.1) is 5.41 Å². The number of benzene rings is 1. The van der Waals surface area contributed by atoms with Crippen molar-refractivity contribution in [1.82, 2.24) is 5.32 Å². The van der Waals surface area contributed by atoms with Gasteiger partial charge in [-0.1, -0.05) is 39.0 Å². The predicted octanol–water partition coefficient (Wildman–Crippen LogP) is 3.07. The Balaban J connectivity index is 2.09. The highest BCUT2D eigenvalue weighted by atomic mass is 15.2. The van der Waals surface area contributed by atoms with Crippen LogP contribution in [-0.4, -0.2) is 25.7 Å². The lowest BCUT2D eigenvalue weighted by atomic mass is 9.92. The third-order valence-corrected chi connectivity index (χ3v) is 3.80. The van der Waals surface area contributed by atoms with Crippen LogP contribution in [0.5, 0.6) is 0 Å². The van der Waals surface area contributed by atoms with Gasteiger partial charge in [0.1, 0.15) is 0 Å². The first-order valence-electron chi connectivity index (χ1n) is 7.09. The molecular formula is C16H26N2. The molecule has 1 aromatic rings. The zero-order valence-corrected chi connectivity index (χ0v) is 12.2. The Kier molecular flexibility index (Phi) is 3.96. The fourth-order valence-electron chi connectivity index (χ4n) is 2.85. The van der Waals surface area contributed by atoms with Crippen LogP contribution in [0.2, 0.25) is 0 Å². The van der Waals surface area contributed by atoms with Crippen LogP contribution >= 0.6 is 0 Å². The second-order valence-electron chi connectivity index (χ2n) is 6.25. The molecular weight excluding hydrogens is 220 g/mol. The summed E-state index contributed by atoms with van der Waals surface area (Å²) in [6.45, 7) is 12.5. The maximum atomic E-state index is 3.47. The highest BCUT2D eigenvalue weighted by Gasteiger charge is 2.30. The SMILES string of the molecule is CCNCC(C)(C)CN1c2ccccc2CC1C. The smallest absolute Gasteiger partial charge is 0.0402 e. The van der Waals surface area contributed by atoms with Crippen LogP contribution < -0.4 is 10.2 Å². The molecule has 1 N–H and O–H groups in total. The molecule has 0 aromatic heterocycles. The molecule has 0 amide bonds. The Morgan fingerprint density at radius 3 is 2.78 bits per heavy atom. The molecule has 1 heterocycles. The van der Waals surface area contributed by atoms with E-state index in [1.807, 2.05) is 0 Å². The number of hydrogen-bond acceptors (Lipinski definition) is 2. The third-order valence-electron chi connectivity index (χ3n) is 3.80. The molecule has 0 bridgehead atoms. The minimum Gasteiger partial charge on any atom is -0.368 e. The molecule has 0 fully saturated rings. The van der Waals surface area contributed by atoms with E-state index in [-0.39, 0.29) is 0 Å². The van der Waals surface area contributed by atoms with Crippen molar-refractivity contribution < 1.29 is 0 Å². The first-order valence-corrected chi connectivity index (χ1v) is 7.09. The molecule has 2 heteroatoms. The standard InChI is InChI=1S/C16H26N2/c1-5-17-11-16(3,4)12-18-13(2)10-14-8-6-7-9-15(14)18/h6-9,13,17H,5,10-12H2,1-4H3. The Labute approximate surface area is 111 Å². The highest BCUT2D eigenvalue weighted by molar-refractivity contribution is 5.59. The van der Waals surface area contributed by atoms with Gasteiger partial charge in [0, 0.05) is 24.8 Å². The van der Waals surface area contributed by atoms with Crippen LogP contribution in [-0.2, 0) is 6.42 Å². The van der Waals surface area contributed by atoms with Crippen molar-refractivity contribution in [3.63, 3.8) is 0 Å². The summed E-state index contributed by atoms with van der Waals surface area (Å²) in [5.41, 5.74) is 3.25. The molecule has 0 radical (unpaired) electrons. The lowest BCUT2D eigenvalue weighted by Crippen LogP contribution is -2.42. The molecule has 1 aromatic carbocycles. The van der Waals surface area contributed by atoms with E-state index >= 15 is 0 Å². The number of hydrogen-bond donors (Lipinski definition) is 1. The van der Waals surface area contributed by atoms with Crippen molar-refractivity contribution in [3.05, 3.63) is 29.8 Å². The molecule has 0 aliphatic carbocycles. The molecule has 2 rings (SSSR count). The summed E-state index contributed by atoms with van der Waals surface area (Å²) in [6.07, 6.45) is 1.19. The fourth-order valence-corrected chi connectivity index (χ4v) is 2.85. The molecule has 100 valence electrons. The van der Waals surface area contributed by atoms with Crippen LogP contribution in [0.25, 0.3) is 0 Å². The van der Waals surface area contributed by atoms with Gasteiger partial charge in [-0.2, -0.15) is 0 Å². The number of anilines is 1. The molecule has 1 atom stereocenters. The van der Waals surface area contributed by atoms with Crippen molar-refractivity contribution in [1.29, 1.82) is 0 Å². The zero-order valence-electron chi connectivity index (χ0n) is 12.2. The highest BCUT2D eigenvalue weighted by Crippen LogP contribution is 2.34. The molecule has 18 heavy (non-hydrogen) atoms. The van der Waals surface area contributed by atoms with Gasteiger partial charge < -0.3 is 10.2 Å². The predicted molar refractivity (Wildman–Crippen MR) is 79.3 cm³/mol. The van der Waals surface area contributed by atoms with Crippen LogP contribution in [0.4, 0.5) is 5.69 Å². The van der Waals surface area contributed by atoms with Gasteiger partial charge in [-0.05, 0) is 36.9 Å². The summed E-state index contributed by atoms with van der Waals surface area (Å²) < 4.78 is 0. The summed E-state index contributed by atoms with van der Waals surface area (Å²) in [5, 5.41) is 3.47. The summed E-state index contributed by atoms with van der Waals surface area (Å²) in [7, 11) is 0. The number of fused-ring (bicyclic) bond motifs is 1. The normalized spacial score (nSPS) is 19.1. The van der Waals surface area contributed by atoms with E-state index in [9.17, 15) is 0 Å². The molecule has 0 saturated carbocycles. The number of nitrogens with zero attached hydrogens (tertiary/aromatic N) is 1. The van der Waals surface area contributed by atoms with Crippen molar-refractivity contribution in [2.75, 3.05) is 24.5 Å². The van der Waals surface area contributed by atoms with Gasteiger partial charge in [-0.25, -0.2) is 0 Å². The lowest BCUT2D eigenvalue weighted by Gasteiger charge is -2.35. The third kappa shape index (κ3) is 2.86. The minimum atomic E-state index is 0.307. The second-order valence-corrected chi connectivity index (χ2v) is 6.25. The van der Waals surface area contributed by atoms with E-state index in [0.29, 0.717) is 11.5 Å². The maximum absolute atomic E-state index is 3.47. The summed E-state index contributed by atoms with van der Waals surface area (Å²) in [4.78, 5) is 2.58. The largest absolute Gasteiger partial charge is 0.368 e. The van der Waals surface area contributed by atoms with Gasteiger partial charge >= 0.3 is 0 Å². The van der Waals surface area contributed by atoms with E-state index in [0.717, 1.165) is 19.6 Å². The van der Waals surface area contributed by atoms with Gasteiger partial charge in [0.05, 0.1) is 0 Å². The van der Waals surface area contributed by atoms with Crippen molar-refractivity contribution in [2.24, 2.45) is 5.41 Å². The average Bonchev–Trinajstić information content (AvgIpc) is 2.63. The van der Waals surface area contributed by atoms with Gasteiger partial charge in [-0.3, -0.25) is 0 Å². The molecule has 0 spiro atoms. The molecule has 1 unspecified atom stereocenters. The summed E-state index contributed by atoms with van der Waals surface area (Å²) in [6, 6.07) is 9.47. The molecule has 0 saturated heterocycles. The number of rotatable bonds is 5. The Bertz CT molecular complexity index is 398. The maximum Gasteiger partial charge on any atom is 0.0402 e. The zero-order chi connectivity index (χ0) is 13.2. The quantitative estimate of drug-likeness (QED) is 0.859. The Morgan fingerprint density at radius 2 is 2.06 bits per heavy atom. The first kappa shape index (κ1) is 13.4. The van der Waals surface area contributed by atoms with Gasteiger partial charge in [0.2, 0.25) is 0 Å². The summed E-state index contributed by atoms with van der Waals surface area (Å²) >= 11 is 0. The first-order chi connectivity index (χ1) is 8.53.